The van der Waals surface area contributed by atoms with Crippen LogP contribution in [-0.2, 0) is 26.2 Å². The standard InChI is InChI=1S/C31H38FN3O7S/c1-6-18-33-31(37)27(7-2)34(20-22-8-14-25(40-3)15-9-22)30(36)21-35(24-12-10-23(32)11-13-24)43(38,39)26-16-17-28(41-4)29(19-26)42-5/h8-17,19,27H,6-7,18,20-21H2,1-5H3,(H,33,37)/t27-/m1/s1. The third-order valence-corrected chi connectivity index (χ3v) is 8.55. The van der Waals surface area contributed by atoms with Crippen molar-refractivity contribution < 1.29 is 36.6 Å². The van der Waals surface area contributed by atoms with E-state index in [1.165, 1.54) is 49.5 Å². The van der Waals surface area contributed by atoms with Gasteiger partial charge in [0.2, 0.25) is 11.8 Å². The van der Waals surface area contributed by atoms with Gasteiger partial charge in [-0.25, -0.2) is 12.8 Å². The molecule has 12 heteroatoms. The molecule has 43 heavy (non-hydrogen) atoms. The number of benzene rings is 3. The molecule has 0 aromatic heterocycles. The maximum absolute atomic E-state index is 14.1. The van der Waals surface area contributed by atoms with Crippen molar-refractivity contribution in [2.45, 2.75) is 44.2 Å². The van der Waals surface area contributed by atoms with Crippen LogP contribution in [0.3, 0.4) is 0 Å². The smallest absolute Gasteiger partial charge is 0.264 e. The van der Waals surface area contributed by atoms with Crippen LogP contribution >= 0.6 is 0 Å². The van der Waals surface area contributed by atoms with Crippen LogP contribution in [0.2, 0.25) is 0 Å². The molecule has 3 aromatic carbocycles. The Morgan fingerprint density at radius 2 is 1.53 bits per heavy atom. The van der Waals surface area contributed by atoms with Crippen LogP contribution in [0.25, 0.3) is 0 Å². The third-order valence-electron chi connectivity index (χ3n) is 6.78. The Hall–Kier alpha value is -4.32. The van der Waals surface area contributed by atoms with Crippen LogP contribution in [0, 0.1) is 5.82 Å². The van der Waals surface area contributed by atoms with Gasteiger partial charge in [-0.2, -0.15) is 0 Å². The summed E-state index contributed by atoms with van der Waals surface area (Å²) in [5.74, 6) is -0.421. The average Bonchev–Trinajstić information content (AvgIpc) is 3.02. The molecule has 3 rings (SSSR count). The second kappa shape index (κ2) is 15.2. The third kappa shape index (κ3) is 8.16. The fraction of sp³-hybridized carbons (Fsp3) is 0.355. The number of sulfonamides is 1. The van der Waals surface area contributed by atoms with Crippen LogP contribution in [0.1, 0.15) is 32.3 Å². The Morgan fingerprint density at radius 1 is 0.884 bits per heavy atom. The molecule has 0 spiro atoms. The highest BCUT2D eigenvalue weighted by molar-refractivity contribution is 7.92. The van der Waals surface area contributed by atoms with Crippen molar-refractivity contribution in [1.82, 2.24) is 10.2 Å². The Morgan fingerprint density at radius 3 is 2.09 bits per heavy atom. The van der Waals surface area contributed by atoms with Gasteiger partial charge in [-0.3, -0.25) is 13.9 Å². The summed E-state index contributed by atoms with van der Waals surface area (Å²) < 4.78 is 58.6. The molecule has 10 nitrogen and oxygen atoms in total. The van der Waals surface area contributed by atoms with Gasteiger partial charge in [-0.05, 0) is 66.9 Å². The summed E-state index contributed by atoms with van der Waals surface area (Å²) in [6.07, 6.45) is 0.993. The van der Waals surface area contributed by atoms with E-state index < -0.39 is 34.3 Å². The van der Waals surface area contributed by atoms with Crippen molar-refractivity contribution in [1.29, 1.82) is 0 Å². The zero-order valence-electron chi connectivity index (χ0n) is 25.0. The number of rotatable bonds is 15. The molecule has 0 aliphatic carbocycles. The van der Waals surface area contributed by atoms with E-state index in [0.29, 0.717) is 30.0 Å². The van der Waals surface area contributed by atoms with E-state index in [4.69, 9.17) is 14.2 Å². The van der Waals surface area contributed by atoms with E-state index in [2.05, 4.69) is 5.32 Å². The van der Waals surface area contributed by atoms with E-state index >= 15 is 0 Å². The maximum Gasteiger partial charge on any atom is 0.264 e. The minimum absolute atomic E-state index is 0.0363. The minimum Gasteiger partial charge on any atom is -0.497 e. The number of carbonyl (C=O) groups excluding carboxylic acids is 2. The molecule has 1 atom stereocenters. The largest absolute Gasteiger partial charge is 0.497 e. The van der Waals surface area contributed by atoms with E-state index in [0.717, 1.165) is 16.4 Å². The zero-order chi connectivity index (χ0) is 31.6. The van der Waals surface area contributed by atoms with Crippen LogP contribution in [-0.4, -0.2) is 65.6 Å². The van der Waals surface area contributed by atoms with Crippen molar-refractivity contribution in [2.24, 2.45) is 0 Å². The number of hydrogen-bond acceptors (Lipinski definition) is 7. The first-order chi connectivity index (χ1) is 20.6. The van der Waals surface area contributed by atoms with Gasteiger partial charge in [0.15, 0.2) is 11.5 Å². The second-order valence-corrected chi connectivity index (χ2v) is 11.5. The fourth-order valence-electron chi connectivity index (χ4n) is 4.45. The molecule has 232 valence electrons. The molecular formula is C31H38FN3O7S. The fourth-order valence-corrected chi connectivity index (χ4v) is 5.88. The highest BCUT2D eigenvalue weighted by Crippen LogP contribution is 2.32. The van der Waals surface area contributed by atoms with Gasteiger partial charge in [-0.1, -0.05) is 26.0 Å². The lowest BCUT2D eigenvalue weighted by atomic mass is 10.1. The molecule has 2 amide bonds. The summed E-state index contributed by atoms with van der Waals surface area (Å²) in [5.41, 5.74) is 0.782. The summed E-state index contributed by atoms with van der Waals surface area (Å²) in [6.45, 7) is 3.50. The van der Waals surface area contributed by atoms with Crippen molar-refractivity contribution in [3.8, 4) is 17.2 Å². The van der Waals surface area contributed by atoms with Gasteiger partial charge in [0.05, 0.1) is 31.9 Å². The maximum atomic E-state index is 14.1. The molecule has 0 bridgehead atoms. The number of anilines is 1. The zero-order valence-corrected chi connectivity index (χ0v) is 25.8. The lowest BCUT2D eigenvalue weighted by Crippen LogP contribution is -2.52. The Balaban J connectivity index is 2.08. The average molecular weight is 616 g/mol. The van der Waals surface area contributed by atoms with Crippen LogP contribution in [0.5, 0.6) is 17.2 Å². The Kier molecular flexibility index (Phi) is 11.8. The lowest BCUT2D eigenvalue weighted by Gasteiger charge is -2.33. The van der Waals surface area contributed by atoms with Gasteiger partial charge in [0, 0.05) is 19.2 Å². The van der Waals surface area contributed by atoms with Gasteiger partial charge < -0.3 is 24.4 Å². The second-order valence-electron chi connectivity index (χ2n) is 9.59. The van der Waals surface area contributed by atoms with Crippen molar-refractivity contribution in [3.63, 3.8) is 0 Å². The Bertz CT molecular complexity index is 1480. The molecule has 1 N–H and O–H groups in total. The summed E-state index contributed by atoms with van der Waals surface area (Å²) >= 11 is 0. The molecule has 0 saturated carbocycles. The normalized spacial score (nSPS) is 11.8. The first-order valence-electron chi connectivity index (χ1n) is 13.8. The highest BCUT2D eigenvalue weighted by Gasteiger charge is 2.34. The Labute approximate surface area is 252 Å². The summed E-state index contributed by atoms with van der Waals surface area (Å²) in [4.78, 5) is 28.5. The number of methoxy groups -OCH3 is 3. The quantitative estimate of drug-likeness (QED) is 0.270. The number of ether oxygens (including phenoxy) is 3. The topological polar surface area (TPSA) is 114 Å². The highest BCUT2D eigenvalue weighted by atomic mass is 32.2. The predicted octanol–water partition coefficient (Wildman–Crippen LogP) is 4.38. The van der Waals surface area contributed by atoms with Crippen LogP contribution in [0.15, 0.2) is 71.6 Å². The first-order valence-corrected chi connectivity index (χ1v) is 15.2. The molecule has 0 saturated heterocycles. The van der Waals surface area contributed by atoms with E-state index in [9.17, 15) is 22.4 Å². The number of hydrogen-bond donors (Lipinski definition) is 1. The number of nitrogens with one attached hydrogen (secondary N) is 1. The molecular weight excluding hydrogens is 577 g/mol. The predicted molar refractivity (Wildman–Crippen MR) is 161 cm³/mol. The SMILES string of the molecule is CCCNC(=O)[C@@H](CC)N(Cc1ccc(OC)cc1)C(=O)CN(c1ccc(F)cc1)S(=O)(=O)c1ccc(OC)c(OC)c1. The summed E-state index contributed by atoms with van der Waals surface area (Å²) in [6, 6.07) is 15.0. The monoisotopic (exact) mass is 615 g/mol. The summed E-state index contributed by atoms with van der Waals surface area (Å²) in [7, 11) is -0.0502. The van der Waals surface area contributed by atoms with Crippen LogP contribution < -0.4 is 23.8 Å². The van der Waals surface area contributed by atoms with Crippen molar-refractivity contribution in [2.75, 3.05) is 38.7 Å². The molecule has 3 aromatic rings. The first kappa shape index (κ1) is 33.2. The molecule has 0 unspecified atom stereocenters. The number of amides is 2. The molecule has 0 heterocycles. The van der Waals surface area contributed by atoms with E-state index in [1.54, 1.807) is 38.3 Å². The van der Waals surface area contributed by atoms with E-state index in [-0.39, 0.29) is 35.2 Å². The molecule has 0 fully saturated rings. The van der Waals surface area contributed by atoms with Crippen LogP contribution in [0.4, 0.5) is 10.1 Å². The van der Waals surface area contributed by atoms with Gasteiger partial charge >= 0.3 is 0 Å². The number of carbonyl (C=O) groups is 2. The number of halogens is 1. The lowest BCUT2D eigenvalue weighted by molar-refractivity contribution is -0.140. The summed E-state index contributed by atoms with van der Waals surface area (Å²) in [5, 5.41) is 2.84. The van der Waals surface area contributed by atoms with Gasteiger partial charge in [-0.15, -0.1) is 0 Å². The van der Waals surface area contributed by atoms with Crippen molar-refractivity contribution in [3.05, 3.63) is 78.1 Å². The van der Waals surface area contributed by atoms with Gasteiger partial charge in [0.1, 0.15) is 24.2 Å². The number of nitrogens with zero attached hydrogens (tertiary/aromatic N) is 2. The molecule has 0 aliphatic rings. The molecule has 0 aliphatic heterocycles. The molecule has 0 radical (unpaired) electrons. The van der Waals surface area contributed by atoms with Crippen molar-refractivity contribution >= 4 is 27.5 Å². The van der Waals surface area contributed by atoms with Gasteiger partial charge in [0.25, 0.3) is 10.0 Å². The van der Waals surface area contributed by atoms with E-state index in [1.807, 2.05) is 6.92 Å². The minimum atomic E-state index is -4.39.